The van der Waals surface area contributed by atoms with Gasteiger partial charge >= 0.3 is 0 Å². The fourth-order valence-electron chi connectivity index (χ4n) is 6.16. The quantitative estimate of drug-likeness (QED) is 0.323. The van der Waals surface area contributed by atoms with E-state index in [9.17, 15) is 0 Å². The summed E-state index contributed by atoms with van der Waals surface area (Å²) in [7, 11) is 0. The molecule has 2 aliphatic rings. The highest BCUT2D eigenvalue weighted by Gasteiger charge is 2.26. The Kier molecular flexibility index (Phi) is 10.8. The highest BCUT2D eigenvalue weighted by atomic mass is 16.5. The Labute approximate surface area is 193 Å². The van der Waals surface area contributed by atoms with Crippen molar-refractivity contribution in [2.75, 3.05) is 6.61 Å². The van der Waals surface area contributed by atoms with Crippen molar-refractivity contribution >= 4 is 0 Å². The standard InChI is InChI=1S/C30H50O/c1-4-9-25-12-14-26(15-13-25)16-19-29(28-10-7-6-8-11-28)22-27-17-20-30(21-18-27)31-23-24(3)5-2/h17-18,20-21,24-26,28-29H,4-16,19,22-23H2,1-3H3. The van der Waals surface area contributed by atoms with Crippen molar-refractivity contribution in [2.24, 2.45) is 29.6 Å². The average molecular weight is 427 g/mol. The maximum absolute atomic E-state index is 5.99. The molecular weight excluding hydrogens is 376 g/mol. The number of ether oxygens (including phenoxy) is 1. The SMILES string of the molecule is CCCC1CCC(CCC(Cc2ccc(OCC(C)CC)cc2)C2CCCCC2)CC1. The van der Waals surface area contributed by atoms with Gasteiger partial charge in [-0.05, 0) is 60.1 Å². The first-order chi connectivity index (χ1) is 15.2. The second kappa shape index (κ2) is 13.5. The van der Waals surface area contributed by atoms with Gasteiger partial charge in [-0.1, -0.05) is 116 Å². The Hall–Kier alpha value is -0.980. The van der Waals surface area contributed by atoms with Crippen LogP contribution in [0.25, 0.3) is 0 Å². The zero-order valence-electron chi connectivity index (χ0n) is 20.9. The summed E-state index contributed by atoms with van der Waals surface area (Å²) in [5, 5.41) is 0. The first-order valence-corrected chi connectivity index (χ1v) is 13.9. The van der Waals surface area contributed by atoms with Gasteiger partial charge in [0.1, 0.15) is 5.75 Å². The molecule has 2 saturated carbocycles. The van der Waals surface area contributed by atoms with Crippen LogP contribution >= 0.6 is 0 Å². The van der Waals surface area contributed by atoms with Crippen LogP contribution in [0.3, 0.4) is 0 Å². The van der Waals surface area contributed by atoms with Crippen LogP contribution < -0.4 is 4.74 Å². The summed E-state index contributed by atoms with van der Waals surface area (Å²) in [6, 6.07) is 9.12. The Balaban J connectivity index is 1.51. The normalized spacial score (nSPS) is 24.6. The van der Waals surface area contributed by atoms with E-state index >= 15 is 0 Å². The Morgan fingerprint density at radius 3 is 2.10 bits per heavy atom. The van der Waals surface area contributed by atoms with Gasteiger partial charge < -0.3 is 4.74 Å². The molecule has 2 aliphatic carbocycles. The number of hydrogen-bond acceptors (Lipinski definition) is 1. The molecule has 31 heavy (non-hydrogen) atoms. The molecule has 2 atom stereocenters. The molecular formula is C30H50O. The van der Waals surface area contributed by atoms with E-state index in [0.717, 1.165) is 36.0 Å². The number of benzene rings is 1. The van der Waals surface area contributed by atoms with Crippen molar-refractivity contribution in [3.05, 3.63) is 29.8 Å². The third-order valence-electron chi connectivity index (χ3n) is 8.58. The molecule has 176 valence electrons. The van der Waals surface area contributed by atoms with Gasteiger partial charge in [0.05, 0.1) is 6.61 Å². The van der Waals surface area contributed by atoms with Crippen molar-refractivity contribution in [3.63, 3.8) is 0 Å². The lowest BCUT2D eigenvalue weighted by molar-refractivity contribution is 0.197. The van der Waals surface area contributed by atoms with E-state index in [-0.39, 0.29) is 0 Å². The summed E-state index contributed by atoms with van der Waals surface area (Å²) < 4.78 is 5.99. The number of rotatable bonds is 12. The molecule has 2 fully saturated rings. The second-order valence-electron chi connectivity index (χ2n) is 11.1. The summed E-state index contributed by atoms with van der Waals surface area (Å²) in [5.74, 6) is 5.58. The van der Waals surface area contributed by atoms with Crippen LogP contribution in [0.4, 0.5) is 0 Å². The van der Waals surface area contributed by atoms with E-state index in [2.05, 4.69) is 45.0 Å². The van der Waals surface area contributed by atoms with Gasteiger partial charge in [-0.2, -0.15) is 0 Å². The first kappa shape index (κ1) is 24.7. The maximum Gasteiger partial charge on any atom is 0.119 e. The summed E-state index contributed by atoms with van der Waals surface area (Å²) >= 11 is 0. The minimum atomic E-state index is 0.632. The average Bonchev–Trinajstić information content (AvgIpc) is 2.82. The molecule has 1 aromatic rings. The van der Waals surface area contributed by atoms with Crippen LogP contribution in [0, 0.1) is 29.6 Å². The third-order valence-corrected chi connectivity index (χ3v) is 8.58. The van der Waals surface area contributed by atoms with E-state index in [1.54, 1.807) is 0 Å². The van der Waals surface area contributed by atoms with Gasteiger partial charge in [0.2, 0.25) is 0 Å². The Bertz CT molecular complexity index is 577. The fourth-order valence-corrected chi connectivity index (χ4v) is 6.16. The second-order valence-corrected chi connectivity index (χ2v) is 11.1. The fraction of sp³-hybridized carbons (Fsp3) is 0.800. The summed E-state index contributed by atoms with van der Waals surface area (Å²) in [6.45, 7) is 7.69. The molecule has 0 saturated heterocycles. The van der Waals surface area contributed by atoms with E-state index in [4.69, 9.17) is 4.74 Å². The van der Waals surface area contributed by atoms with Crippen LogP contribution in [-0.4, -0.2) is 6.61 Å². The molecule has 0 aliphatic heterocycles. The molecule has 1 nitrogen and oxygen atoms in total. The molecule has 0 spiro atoms. The molecule has 1 aromatic carbocycles. The molecule has 0 bridgehead atoms. The van der Waals surface area contributed by atoms with Gasteiger partial charge in [-0.15, -0.1) is 0 Å². The zero-order chi connectivity index (χ0) is 21.9. The highest BCUT2D eigenvalue weighted by Crippen LogP contribution is 2.39. The lowest BCUT2D eigenvalue weighted by Gasteiger charge is -2.33. The molecule has 0 aromatic heterocycles. The summed E-state index contributed by atoms with van der Waals surface area (Å²) in [6.07, 6.45) is 21.6. The van der Waals surface area contributed by atoms with E-state index < -0.39 is 0 Å². The predicted octanol–water partition coefficient (Wildman–Crippen LogP) is 9.24. The van der Waals surface area contributed by atoms with Crippen molar-refractivity contribution in [2.45, 2.75) is 117 Å². The van der Waals surface area contributed by atoms with Crippen LogP contribution in [0.5, 0.6) is 5.75 Å². The minimum Gasteiger partial charge on any atom is -0.493 e. The third kappa shape index (κ3) is 8.47. The summed E-state index contributed by atoms with van der Waals surface area (Å²) in [5.41, 5.74) is 1.53. The van der Waals surface area contributed by atoms with Crippen LogP contribution in [0.1, 0.15) is 116 Å². The Morgan fingerprint density at radius 1 is 0.839 bits per heavy atom. The maximum atomic E-state index is 5.99. The Morgan fingerprint density at radius 2 is 1.48 bits per heavy atom. The van der Waals surface area contributed by atoms with E-state index in [0.29, 0.717) is 5.92 Å². The van der Waals surface area contributed by atoms with Crippen LogP contribution in [0.15, 0.2) is 24.3 Å². The largest absolute Gasteiger partial charge is 0.493 e. The highest BCUT2D eigenvalue weighted by molar-refractivity contribution is 5.27. The van der Waals surface area contributed by atoms with Crippen molar-refractivity contribution in [1.82, 2.24) is 0 Å². The zero-order valence-corrected chi connectivity index (χ0v) is 20.9. The molecule has 0 radical (unpaired) electrons. The van der Waals surface area contributed by atoms with Crippen molar-refractivity contribution in [1.29, 1.82) is 0 Å². The van der Waals surface area contributed by atoms with Gasteiger partial charge in [0.25, 0.3) is 0 Å². The molecule has 1 heteroatoms. The van der Waals surface area contributed by atoms with E-state index in [1.807, 2.05) is 0 Å². The molecule has 0 amide bonds. The van der Waals surface area contributed by atoms with Crippen molar-refractivity contribution in [3.8, 4) is 5.75 Å². The molecule has 0 N–H and O–H groups in total. The van der Waals surface area contributed by atoms with E-state index in [1.165, 1.54) is 102 Å². The van der Waals surface area contributed by atoms with Gasteiger partial charge in [0, 0.05) is 0 Å². The van der Waals surface area contributed by atoms with Crippen LogP contribution in [0.2, 0.25) is 0 Å². The number of hydrogen-bond donors (Lipinski definition) is 0. The summed E-state index contributed by atoms with van der Waals surface area (Å²) in [4.78, 5) is 0. The molecule has 3 rings (SSSR count). The minimum absolute atomic E-state index is 0.632. The first-order valence-electron chi connectivity index (χ1n) is 13.9. The van der Waals surface area contributed by atoms with Gasteiger partial charge in [-0.25, -0.2) is 0 Å². The smallest absolute Gasteiger partial charge is 0.119 e. The van der Waals surface area contributed by atoms with Crippen molar-refractivity contribution < 1.29 is 4.74 Å². The lowest BCUT2D eigenvalue weighted by Crippen LogP contribution is -2.22. The molecule has 0 heterocycles. The predicted molar refractivity (Wildman–Crippen MR) is 135 cm³/mol. The monoisotopic (exact) mass is 426 g/mol. The lowest BCUT2D eigenvalue weighted by atomic mass is 9.72. The van der Waals surface area contributed by atoms with Gasteiger partial charge in [-0.3, -0.25) is 0 Å². The topological polar surface area (TPSA) is 9.23 Å². The molecule has 2 unspecified atom stereocenters. The van der Waals surface area contributed by atoms with Gasteiger partial charge in [0.15, 0.2) is 0 Å². The van der Waals surface area contributed by atoms with Crippen LogP contribution in [-0.2, 0) is 6.42 Å².